The summed E-state index contributed by atoms with van der Waals surface area (Å²) in [5.74, 6) is 0.419. The van der Waals surface area contributed by atoms with Crippen LogP contribution in [0.1, 0.15) is 45.0 Å². The molecule has 2 aromatic carbocycles. The minimum Gasteiger partial charge on any atom is -0.456 e. The maximum atomic E-state index is 14.1. The van der Waals surface area contributed by atoms with Crippen LogP contribution in [0.3, 0.4) is 0 Å². The normalized spacial score (nSPS) is 10.9. The molecule has 0 saturated heterocycles. The summed E-state index contributed by atoms with van der Waals surface area (Å²) in [5, 5.41) is 0. The summed E-state index contributed by atoms with van der Waals surface area (Å²) in [4.78, 5) is 32.3. The molecule has 4 rings (SSSR count). The lowest BCUT2D eigenvalue weighted by atomic mass is 10.0. The molecule has 2 heterocycles. The van der Waals surface area contributed by atoms with Crippen LogP contribution in [0.4, 0.5) is 4.39 Å². The fraction of sp³-hybridized carbons (Fsp3) is 0.222. The van der Waals surface area contributed by atoms with E-state index in [1.165, 1.54) is 17.4 Å². The Hall–Kier alpha value is -3.58. The van der Waals surface area contributed by atoms with Gasteiger partial charge in [-0.1, -0.05) is 29.8 Å². The molecule has 0 aliphatic heterocycles. The van der Waals surface area contributed by atoms with E-state index >= 15 is 0 Å². The number of aromatic nitrogens is 1. The topological polar surface area (TPSA) is 59.5 Å². The molecule has 5 nitrogen and oxygen atoms in total. The first-order chi connectivity index (χ1) is 16.4. The molecule has 7 heteroatoms. The Morgan fingerprint density at radius 3 is 2.62 bits per heavy atom. The summed E-state index contributed by atoms with van der Waals surface area (Å²) in [6, 6.07) is 15.1. The maximum Gasteiger partial charge on any atom is 0.264 e. The number of ketones is 1. The summed E-state index contributed by atoms with van der Waals surface area (Å²) in [6.07, 6.45) is 1.60. The summed E-state index contributed by atoms with van der Waals surface area (Å²) in [6.45, 7) is 7.02. The predicted octanol–water partition coefficient (Wildman–Crippen LogP) is 6.44. The Bertz CT molecular complexity index is 1360. The molecule has 0 unspecified atom stereocenters. The Morgan fingerprint density at radius 1 is 1.06 bits per heavy atom. The second-order valence-electron chi connectivity index (χ2n) is 7.94. The average Bonchev–Trinajstić information content (AvgIpc) is 3.28. The highest BCUT2D eigenvalue weighted by Crippen LogP contribution is 2.35. The Morgan fingerprint density at radius 2 is 1.85 bits per heavy atom. The highest BCUT2D eigenvalue weighted by Gasteiger charge is 2.18. The molecule has 0 fully saturated rings. The molecular weight excluding hydrogens is 451 g/mol. The fourth-order valence-electron chi connectivity index (χ4n) is 3.74. The van der Waals surface area contributed by atoms with Crippen LogP contribution in [0.15, 0.2) is 60.8 Å². The molecule has 0 radical (unpaired) electrons. The van der Waals surface area contributed by atoms with Crippen LogP contribution < -0.4 is 4.74 Å². The molecule has 0 atom stereocenters. The number of halogens is 1. The number of ether oxygens (including phenoxy) is 1. The van der Waals surface area contributed by atoms with Crippen molar-refractivity contribution in [3.8, 4) is 11.5 Å². The van der Waals surface area contributed by atoms with Gasteiger partial charge in [-0.15, -0.1) is 11.3 Å². The largest absolute Gasteiger partial charge is 0.456 e. The van der Waals surface area contributed by atoms with Crippen molar-refractivity contribution in [1.82, 2.24) is 9.88 Å². The molecule has 2 aromatic heterocycles. The first-order valence-corrected chi connectivity index (χ1v) is 11.9. The van der Waals surface area contributed by atoms with Crippen molar-refractivity contribution < 1.29 is 18.7 Å². The third-order valence-electron chi connectivity index (χ3n) is 5.57. The van der Waals surface area contributed by atoms with Gasteiger partial charge >= 0.3 is 0 Å². The molecule has 1 amide bonds. The van der Waals surface area contributed by atoms with Gasteiger partial charge in [0.1, 0.15) is 17.3 Å². The van der Waals surface area contributed by atoms with Gasteiger partial charge in [0.25, 0.3) is 5.91 Å². The standard InChI is InChI=1S/C27H25FN2O3S/c1-4-30(5-2)27(32)25-16-22-26(34-25)24(11-12-29-22)33-20-8-6-7-18(14-20)23(31)15-19-13-17(3)9-10-21(19)28/h6-14,16H,4-5,15H2,1-3H3. The van der Waals surface area contributed by atoms with Crippen LogP contribution in [-0.4, -0.2) is 34.7 Å². The summed E-state index contributed by atoms with van der Waals surface area (Å²) >= 11 is 1.34. The van der Waals surface area contributed by atoms with Crippen LogP contribution in [0, 0.1) is 12.7 Å². The van der Waals surface area contributed by atoms with E-state index in [9.17, 15) is 14.0 Å². The smallest absolute Gasteiger partial charge is 0.264 e. The van der Waals surface area contributed by atoms with Gasteiger partial charge in [-0.3, -0.25) is 14.6 Å². The average molecular weight is 477 g/mol. The van der Waals surface area contributed by atoms with E-state index in [0.29, 0.717) is 46.1 Å². The van der Waals surface area contributed by atoms with E-state index in [-0.39, 0.29) is 18.1 Å². The van der Waals surface area contributed by atoms with Gasteiger partial charge in [0, 0.05) is 37.3 Å². The van der Waals surface area contributed by atoms with Crippen molar-refractivity contribution in [2.75, 3.05) is 13.1 Å². The first-order valence-electron chi connectivity index (χ1n) is 11.1. The number of carbonyl (C=O) groups is 2. The van der Waals surface area contributed by atoms with E-state index < -0.39 is 5.82 Å². The van der Waals surface area contributed by atoms with Crippen molar-refractivity contribution in [2.24, 2.45) is 0 Å². The molecule has 4 aromatic rings. The van der Waals surface area contributed by atoms with E-state index in [1.807, 2.05) is 20.8 Å². The van der Waals surface area contributed by atoms with Gasteiger partial charge in [0.15, 0.2) is 5.78 Å². The second-order valence-corrected chi connectivity index (χ2v) is 8.99. The van der Waals surface area contributed by atoms with Crippen molar-refractivity contribution in [3.63, 3.8) is 0 Å². The molecule has 0 N–H and O–H groups in total. The number of aryl methyl sites for hydroxylation is 1. The van der Waals surface area contributed by atoms with Crippen molar-refractivity contribution in [1.29, 1.82) is 0 Å². The Kier molecular flexibility index (Phi) is 7.03. The lowest BCUT2D eigenvalue weighted by Crippen LogP contribution is -2.29. The molecule has 0 spiro atoms. The number of hydrogen-bond donors (Lipinski definition) is 0. The lowest BCUT2D eigenvalue weighted by molar-refractivity contribution is 0.0777. The van der Waals surface area contributed by atoms with Crippen LogP contribution in [0.2, 0.25) is 0 Å². The number of rotatable bonds is 8. The number of amides is 1. The molecule has 0 aliphatic carbocycles. The highest BCUT2D eigenvalue weighted by molar-refractivity contribution is 7.21. The SMILES string of the molecule is CCN(CC)C(=O)c1cc2nccc(Oc3cccc(C(=O)Cc4cc(C)ccc4F)c3)c2s1. The van der Waals surface area contributed by atoms with Crippen molar-refractivity contribution >= 4 is 33.2 Å². The van der Waals surface area contributed by atoms with Gasteiger partial charge < -0.3 is 9.64 Å². The number of carbonyl (C=O) groups excluding carboxylic acids is 2. The van der Waals surface area contributed by atoms with Gasteiger partial charge in [0.2, 0.25) is 0 Å². The van der Waals surface area contributed by atoms with Gasteiger partial charge in [0.05, 0.1) is 15.1 Å². The Balaban J connectivity index is 1.58. The zero-order valence-electron chi connectivity index (χ0n) is 19.3. The van der Waals surface area contributed by atoms with Crippen molar-refractivity contribution in [2.45, 2.75) is 27.2 Å². The van der Waals surface area contributed by atoms with Gasteiger partial charge in [-0.2, -0.15) is 0 Å². The summed E-state index contributed by atoms with van der Waals surface area (Å²) in [7, 11) is 0. The zero-order valence-corrected chi connectivity index (χ0v) is 20.1. The van der Waals surface area contributed by atoms with E-state index in [2.05, 4.69) is 4.98 Å². The van der Waals surface area contributed by atoms with Crippen molar-refractivity contribution in [3.05, 3.63) is 88.2 Å². The third kappa shape index (κ3) is 4.99. The quantitative estimate of drug-likeness (QED) is 0.275. The fourth-order valence-corrected chi connectivity index (χ4v) is 4.77. The van der Waals surface area contributed by atoms with Gasteiger partial charge in [-0.05, 0) is 50.6 Å². The number of benzene rings is 2. The number of Topliss-reactive ketones (excluding diaryl/α,β-unsaturated/α-hetero) is 1. The number of nitrogens with zero attached hydrogens (tertiary/aromatic N) is 2. The monoisotopic (exact) mass is 476 g/mol. The summed E-state index contributed by atoms with van der Waals surface area (Å²) < 4.78 is 21.0. The molecule has 0 aliphatic rings. The van der Waals surface area contributed by atoms with E-state index in [4.69, 9.17) is 4.74 Å². The van der Waals surface area contributed by atoms with Crippen LogP contribution >= 0.6 is 11.3 Å². The third-order valence-corrected chi connectivity index (χ3v) is 6.70. The Labute approximate surface area is 201 Å². The molecule has 174 valence electrons. The van der Waals surface area contributed by atoms with Crippen LogP contribution in [0.25, 0.3) is 10.2 Å². The first kappa shape index (κ1) is 23.6. The van der Waals surface area contributed by atoms with E-state index in [0.717, 1.165) is 10.3 Å². The minimum absolute atomic E-state index is 0.0295. The number of pyridine rings is 1. The molecular formula is C27H25FN2O3S. The predicted molar refractivity (Wildman–Crippen MR) is 133 cm³/mol. The number of hydrogen-bond acceptors (Lipinski definition) is 5. The molecule has 0 bridgehead atoms. The minimum atomic E-state index is -0.390. The maximum absolute atomic E-state index is 14.1. The highest BCUT2D eigenvalue weighted by atomic mass is 32.1. The molecule has 34 heavy (non-hydrogen) atoms. The van der Waals surface area contributed by atoms with Crippen LogP contribution in [-0.2, 0) is 6.42 Å². The summed E-state index contributed by atoms with van der Waals surface area (Å²) in [5.41, 5.74) is 2.39. The van der Waals surface area contributed by atoms with Gasteiger partial charge in [-0.25, -0.2) is 4.39 Å². The second kappa shape index (κ2) is 10.1. The van der Waals surface area contributed by atoms with E-state index in [1.54, 1.807) is 59.6 Å². The molecule has 0 saturated carbocycles. The number of fused-ring (bicyclic) bond motifs is 1. The zero-order chi connectivity index (χ0) is 24.2. The van der Waals surface area contributed by atoms with Crippen LogP contribution in [0.5, 0.6) is 11.5 Å². The number of thiophene rings is 1. The lowest BCUT2D eigenvalue weighted by Gasteiger charge is -2.17.